The molecule has 1 aliphatic rings. The number of carbonyl (C=O) groups excluding carboxylic acids is 1. The minimum absolute atomic E-state index is 0.00518. The van der Waals surface area contributed by atoms with Crippen molar-refractivity contribution in [2.24, 2.45) is 0 Å². The third-order valence-corrected chi connectivity index (χ3v) is 6.71. The SMILES string of the molecule is O=C(NCCCn1nc(C(F)(F)F)c(Cl)c1C1CC1)c1cc2nc(-c3ccc(Cl)cc3)cc(C(F)(F)F)n2n1. The lowest BCUT2D eigenvalue weighted by Crippen LogP contribution is -2.26. The summed E-state index contributed by atoms with van der Waals surface area (Å²) in [7, 11) is 0. The lowest BCUT2D eigenvalue weighted by molar-refractivity contribution is -0.143. The van der Waals surface area contributed by atoms with Crippen LogP contribution in [0.3, 0.4) is 0 Å². The fourth-order valence-electron chi connectivity index (χ4n) is 4.13. The number of rotatable bonds is 7. The quantitative estimate of drug-likeness (QED) is 0.193. The summed E-state index contributed by atoms with van der Waals surface area (Å²) in [6.45, 7) is 0.0581. The fourth-order valence-corrected chi connectivity index (χ4v) is 4.65. The zero-order valence-corrected chi connectivity index (χ0v) is 21.3. The van der Waals surface area contributed by atoms with Crippen molar-refractivity contribution in [2.75, 3.05) is 6.54 Å². The molecule has 1 N–H and O–H groups in total. The topological polar surface area (TPSA) is 77.1 Å². The van der Waals surface area contributed by atoms with Gasteiger partial charge in [-0.15, -0.1) is 0 Å². The van der Waals surface area contributed by atoms with Gasteiger partial charge in [0.05, 0.1) is 16.4 Å². The first-order valence-corrected chi connectivity index (χ1v) is 12.4. The van der Waals surface area contributed by atoms with E-state index >= 15 is 0 Å². The van der Waals surface area contributed by atoms with Crippen molar-refractivity contribution < 1.29 is 31.1 Å². The van der Waals surface area contributed by atoms with Crippen LogP contribution in [0, 0.1) is 0 Å². The molecule has 0 radical (unpaired) electrons. The van der Waals surface area contributed by atoms with Gasteiger partial charge in [-0.05, 0) is 37.5 Å². The molecule has 7 nitrogen and oxygen atoms in total. The second kappa shape index (κ2) is 10.0. The van der Waals surface area contributed by atoms with Gasteiger partial charge in [0, 0.05) is 35.7 Å². The Labute approximate surface area is 226 Å². The van der Waals surface area contributed by atoms with E-state index in [0.717, 1.165) is 12.1 Å². The number of aryl methyl sites for hydroxylation is 1. The van der Waals surface area contributed by atoms with E-state index in [1.807, 2.05) is 0 Å². The van der Waals surface area contributed by atoms with Gasteiger partial charge in [0.1, 0.15) is 0 Å². The summed E-state index contributed by atoms with van der Waals surface area (Å²) in [5, 5.41) is 9.93. The van der Waals surface area contributed by atoms with Crippen molar-refractivity contribution >= 4 is 34.8 Å². The van der Waals surface area contributed by atoms with Crippen molar-refractivity contribution in [2.45, 2.75) is 44.1 Å². The highest BCUT2D eigenvalue weighted by atomic mass is 35.5. The number of hydrogen-bond acceptors (Lipinski definition) is 4. The first kappa shape index (κ1) is 27.3. The molecule has 5 rings (SSSR count). The van der Waals surface area contributed by atoms with Gasteiger partial charge in [-0.25, -0.2) is 9.50 Å². The molecule has 1 amide bonds. The molecule has 1 aliphatic carbocycles. The molecule has 1 aromatic carbocycles. The highest BCUT2D eigenvalue weighted by molar-refractivity contribution is 6.32. The average molecular weight is 591 g/mol. The van der Waals surface area contributed by atoms with Gasteiger partial charge < -0.3 is 5.32 Å². The molecule has 1 fully saturated rings. The predicted molar refractivity (Wildman–Crippen MR) is 130 cm³/mol. The summed E-state index contributed by atoms with van der Waals surface area (Å²) in [6, 6.07) is 8.01. The van der Waals surface area contributed by atoms with Gasteiger partial charge in [-0.2, -0.15) is 36.5 Å². The molecular formula is C24H18Cl2F6N6O. The van der Waals surface area contributed by atoms with Crippen LogP contribution in [0.15, 0.2) is 36.4 Å². The van der Waals surface area contributed by atoms with Crippen LogP contribution in [0.5, 0.6) is 0 Å². The first-order chi connectivity index (χ1) is 18.3. The van der Waals surface area contributed by atoms with Gasteiger partial charge in [-0.1, -0.05) is 35.3 Å². The summed E-state index contributed by atoms with van der Waals surface area (Å²) >= 11 is 11.8. The second-order valence-electron chi connectivity index (χ2n) is 8.98. The maximum absolute atomic E-state index is 13.8. The van der Waals surface area contributed by atoms with E-state index in [0.29, 0.717) is 33.6 Å². The Morgan fingerprint density at radius 3 is 2.31 bits per heavy atom. The zero-order valence-electron chi connectivity index (χ0n) is 19.7. The maximum Gasteiger partial charge on any atom is 0.436 e. The Morgan fingerprint density at radius 2 is 1.69 bits per heavy atom. The standard InChI is InChI=1S/C24H18Cl2F6N6O/c25-14-6-4-12(5-7-14)15-10-17(23(27,28)29)38-18(34-15)11-16(35-38)22(39)33-8-1-9-37-20(13-2-3-13)19(26)21(36-37)24(30,31)32/h4-7,10-11,13H,1-3,8-9H2,(H,33,39). The summed E-state index contributed by atoms with van der Waals surface area (Å²) in [4.78, 5) is 16.9. The minimum atomic E-state index is -4.79. The normalized spacial score (nSPS) is 14.3. The van der Waals surface area contributed by atoms with Crippen LogP contribution < -0.4 is 5.32 Å². The predicted octanol–water partition coefficient (Wildman–Crippen LogP) is 6.63. The molecule has 39 heavy (non-hydrogen) atoms. The molecule has 15 heteroatoms. The highest BCUT2D eigenvalue weighted by Crippen LogP contribution is 2.47. The van der Waals surface area contributed by atoms with Gasteiger partial charge in [0.15, 0.2) is 22.7 Å². The van der Waals surface area contributed by atoms with Crippen LogP contribution >= 0.6 is 23.2 Å². The number of fused-ring (bicyclic) bond motifs is 1. The molecule has 1 saturated carbocycles. The number of carbonyl (C=O) groups is 1. The van der Waals surface area contributed by atoms with Crippen molar-refractivity contribution in [1.82, 2.24) is 29.7 Å². The number of nitrogens with one attached hydrogen (secondary N) is 1. The smallest absolute Gasteiger partial charge is 0.351 e. The number of benzene rings is 1. The van der Waals surface area contributed by atoms with Crippen LogP contribution in [0.2, 0.25) is 10.0 Å². The molecule has 3 aromatic heterocycles. The number of halogens is 8. The number of aromatic nitrogens is 5. The lowest BCUT2D eigenvalue weighted by Gasteiger charge is -2.11. The minimum Gasteiger partial charge on any atom is -0.351 e. The molecular weight excluding hydrogens is 573 g/mol. The zero-order chi connectivity index (χ0) is 28.1. The lowest BCUT2D eigenvalue weighted by atomic mass is 10.1. The van der Waals surface area contributed by atoms with E-state index in [-0.39, 0.29) is 42.5 Å². The molecule has 206 valence electrons. The van der Waals surface area contributed by atoms with Gasteiger partial charge in [-0.3, -0.25) is 9.48 Å². The highest BCUT2D eigenvalue weighted by Gasteiger charge is 2.42. The first-order valence-electron chi connectivity index (χ1n) is 11.7. The second-order valence-corrected chi connectivity index (χ2v) is 9.80. The van der Waals surface area contributed by atoms with Crippen molar-refractivity contribution in [3.8, 4) is 11.3 Å². The number of amides is 1. The number of nitrogens with zero attached hydrogens (tertiary/aromatic N) is 5. The molecule has 0 aliphatic heterocycles. The summed E-state index contributed by atoms with van der Waals surface area (Å²) < 4.78 is 82.8. The Kier molecular flexibility index (Phi) is 7.00. The molecule has 0 unspecified atom stereocenters. The Morgan fingerprint density at radius 1 is 1.00 bits per heavy atom. The van der Waals surface area contributed by atoms with Crippen molar-refractivity contribution in [3.05, 3.63) is 69.2 Å². The molecule has 3 heterocycles. The van der Waals surface area contributed by atoms with Crippen LogP contribution in [0.4, 0.5) is 26.3 Å². The van der Waals surface area contributed by atoms with E-state index in [1.165, 1.54) is 28.9 Å². The fraction of sp³-hybridized carbons (Fsp3) is 0.333. The summed E-state index contributed by atoms with van der Waals surface area (Å²) in [5.41, 5.74) is -2.05. The van der Waals surface area contributed by atoms with Gasteiger partial charge in [0.2, 0.25) is 0 Å². The van der Waals surface area contributed by atoms with E-state index in [4.69, 9.17) is 23.2 Å². The average Bonchev–Trinajstić information content (AvgIpc) is 3.49. The number of hydrogen-bond donors (Lipinski definition) is 1. The van der Waals surface area contributed by atoms with Crippen LogP contribution in [0.1, 0.15) is 52.8 Å². The molecule has 4 aromatic rings. The maximum atomic E-state index is 13.8. The molecule has 0 bridgehead atoms. The summed E-state index contributed by atoms with van der Waals surface area (Å²) in [6.07, 6.45) is -7.87. The van der Waals surface area contributed by atoms with Crippen molar-refractivity contribution in [1.29, 1.82) is 0 Å². The largest absolute Gasteiger partial charge is 0.436 e. The van der Waals surface area contributed by atoms with E-state index in [2.05, 4.69) is 20.5 Å². The van der Waals surface area contributed by atoms with Gasteiger partial charge >= 0.3 is 12.4 Å². The molecule has 0 atom stereocenters. The van der Waals surface area contributed by atoms with Crippen LogP contribution in [0.25, 0.3) is 16.9 Å². The van der Waals surface area contributed by atoms with Crippen LogP contribution in [-0.2, 0) is 18.9 Å². The third kappa shape index (κ3) is 5.69. The third-order valence-electron chi connectivity index (χ3n) is 6.09. The van der Waals surface area contributed by atoms with Crippen LogP contribution in [-0.4, -0.2) is 36.8 Å². The Balaban J connectivity index is 1.32. The van der Waals surface area contributed by atoms with Gasteiger partial charge in [0.25, 0.3) is 5.91 Å². The summed E-state index contributed by atoms with van der Waals surface area (Å²) in [5.74, 6) is -0.861. The number of alkyl halides is 6. The molecule has 0 spiro atoms. The van der Waals surface area contributed by atoms with Crippen molar-refractivity contribution in [3.63, 3.8) is 0 Å². The Hall–Kier alpha value is -3.32. The Bertz CT molecular complexity index is 1540. The molecule has 0 saturated heterocycles. The van der Waals surface area contributed by atoms with E-state index < -0.39 is 34.7 Å². The monoisotopic (exact) mass is 590 g/mol. The van der Waals surface area contributed by atoms with E-state index in [9.17, 15) is 31.1 Å². The van der Waals surface area contributed by atoms with E-state index in [1.54, 1.807) is 0 Å².